The number of hydrogen-bond donors (Lipinski definition) is 4. The highest BCUT2D eigenvalue weighted by Crippen LogP contribution is 2.11. The lowest BCUT2D eigenvalue weighted by Gasteiger charge is -2.01. The van der Waals surface area contributed by atoms with Gasteiger partial charge in [0.05, 0.1) is 11.1 Å². The highest BCUT2D eigenvalue weighted by atomic mass is 16.6. The number of carboxylic acid groups (broad SMARTS) is 4. The maximum absolute atomic E-state index is 10.6. The molecule has 0 heterocycles. The van der Waals surface area contributed by atoms with E-state index in [-0.39, 0.29) is 11.1 Å². The SMILES string of the molecule is Cc1ccc(C(=O)O)cc1C(=O)O.O=C(O)O. The molecule has 0 aliphatic heterocycles. The van der Waals surface area contributed by atoms with E-state index in [0.29, 0.717) is 5.56 Å². The van der Waals surface area contributed by atoms with Crippen molar-refractivity contribution in [1.29, 1.82) is 0 Å². The van der Waals surface area contributed by atoms with Gasteiger partial charge in [0.2, 0.25) is 0 Å². The molecule has 4 N–H and O–H groups in total. The minimum absolute atomic E-state index is 0.0111. The first kappa shape index (κ1) is 14.4. The molecule has 0 spiro atoms. The lowest BCUT2D eigenvalue weighted by Crippen LogP contribution is -2.03. The lowest BCUT2D eigenvalue weighted by molar-refractivity contribution is 0.0695. The van der Waals surface area contributed by atoms with Gasteiger partial charge in [-0.25, -0.2) is 14.4 Å². The molecule has 7 nitrogen and oxygen atoms in total. The van der Waals surface area contributed by atoms with E-state index in [9.17, 15) is 9.59 Å². The number of aromatic carboxylic acids is 2. The molecule has 0 bridgehead atoms. The van der Waals surface area contributed by atoms with Crippen molar-refractivity contribution in [2.75, 3.05) is 0 Å². The summed E-state index contributed by atoms with van der Waals surface area (Å²) in [6, 6.07) is 4.01. The maximum atomic E-state index is 10.6. The molecule has 7 heteroatoms. The standard InChI is InChI=1S/C9H8O4.CH2O3/c1-5-2-3-6(8(10)11)4-7(5)9(12)13;2-1(3)4/h2-4H,1H3,(H,10,11)(H,12,13);(H2,2,3,4). The molecule has 92 valence electrons. The van der Waals surface area contributed by atoms with Crippen LogP contribution in [0.4, 0.5) is 4.79 Å². The van der Waals surface area contributed by atoms with Crippen molar-refractivity contribution in [3.05, 3.63) is 34.9 Å². The van der Waals surface area contributed by atoms with E-state index in [4.69, 9.17) is 25.2 Å². The Hall–Kier alpha value is -2.57. The van der Waals surface area contributed by atoms with Crippen LogP contribution in [0, 0.1) is 6.92 Å². The Bertz CT molecular complexity index is 446. The van der Waals surface area contributed by atoms with Crippen LogP contribution in [-0.2, 0) is 0 Å². The molecule has 1 aromatic rings. The zero-order valence-electron chi connectivity index (χ0n) is 8.75. The second-order valence-electron chi connectivity index (χ2n) is 2.92. The highest BCUT2D eigenvalue weighted by molar-refractivity contribution is 5.94. The molecular weight excluding hydrogens is 232 g/mol. The predicted molar refractivity (Wildman–Crippen MR) is 55.8 cm³/mol. The summed E-state index contributed by atoms with van der Waals surface area (Å²) in [5.74, 6) is -2.23. The van der Waals surface area contributed by atoms with Crippen molar-refractivity contribution in [2.24, 2.45) is 0 Å². The molecule has 0 saturated heterocycles. The summed E-state index contributed by atoms with van der Waals surface area (Å²) in [6.07, 6.45) is -1.83. The van der Waals surface area contributed by atoms with Gasteiger partial charge in [-0.2, -0.15) is 0 Å². The van der Waals surface area contributed by atoms with Crippen LogP contribution in [0.25, 0.3) is 0 Å². The van der Waals surface area contributed by atoms with Gasteiger partial charge in [-0.3, -0.25) is 0 Å². The van der Waals surface area contributed by atoms with Crippen molar-refractivity contribution >= 4 is 18.1 Å². The zero-order valence-corrected chi connectivity index (χ0v) is 8.75. The molecule has 0 unspecified atom stereocenters. The van der Waals surface area contributed by atoms with Crippen molar-refractivity contribution in [3.63, 3.8) is 0 Å². The van der Waals surface area contributed by atoms with Gasteiger partial charge in [0.1, 0.15) is 0 Å². The smallest absolute Gasteiger partial charge is 0.478 e. The van der Waals surface area contributed by atoms with E-state index in [1.54, 1.807) is 6.92 Å². The Balaban J connectivity index is 0.000000557. The molecule has 0 atom stereocenters. The van der Waals surface area contributed by atoms with Gasteiger partial charge < -0.3 is 20.4 Å². The van der Waals surface area contributed by atoms with Crippen molar-refractivity contribution in [1.82, 2.24) is 0 Å². The van der Waals surface area contributed by atoms with Gasteiger partial charge in [0.25, 0.3) is 0 Å². The topological polar surface area (TPSA) is 132 Å². The average Bonchev–Trinajstić information content (AvgIpc) is 2.16. The normalized spacial score (nSPS) is 8.76. The summed E-state index contributed by atoms with van der Waals surface area (Å²) in [6.45, 7) is 1.62. The average molecular weight is 242 g/mol. The van der Waals surface area contributed by atoms with E-state index < -0.39 is 18.1 Å². The third-order valence-electron chi connectivity index (χ3n) is 1.71. The van der Waals surface area contributed by atoms with E-state index in [1.165, 1.54) is 12.1 Å². The van der Waals surface area contributed by atoms with Gasteiger partial charge in [-0.1, -0.05) is 6.07 Å². The number of aryl methyl sites for hydroxylation is 1. The number of benzene rings is 1. The van der Waals surface area contributed by atoms with E-state index in [1.807, 2.05) is 0 Å². The summed E-state index contributed by atoms with van der Waals surface area (Å²) in [5.41, 5.74) is 0.570. The third-order valence-corrected chi connectivity index (χ3v) is 1.71. The van der Waals surface area contributed by atoms with Gasteiger partial charge in [-0.05, 0) is 24.6 Å². The first-order chi connectivity index (χ1) is 7.75. The van der Waals surface area contributed by atoms with Crippen LogP contribution < -0.4 is 0 Å². The van der Waals surface area contributed by atoms with Crippen LogP contribution in [0.15, 0.2) is 18.2 Å². The second kappa shape index (κ2) is 6.11. The van der Waals surface area contributed by atoms with Crippen LogP contribution in [0.5, 0.6) is 0 Å². The van der Waals surface area contributed by atoms with Gasteiger partial charge in [0.15, 0.2) is 0 Å². The first-order valence-corrected chi connectivity index (χ1v) is 4.24. The fourth-order valence-electron chi connectivity index (χ4n) is 0.985. The van der Waals surface area contributed by atoms with E-state index >= 15 is 0 Å². The fourth-order valence-corrected chi connectivity index (χ4v) is 0.985. The summed E-state index contributed by atoms with van der Waals surface area (Å²) < 4.78 is 0. The van der Waals surface area contributed by atoms with Crippen molar-refractivity contribution in [2.45, 2.75) is 6.92 Å². The summed E-state index contributed by atoms with van der Waals surface area (Å²) >= 11 is 0. The van der Waals surface area contributed by atoms with Gasteiger partial charge >= 0.3 is 18.1 Å². The van der Waals surface area contributed by atoms with Crippen LogP contribution in [0.3, 0.4) is 0 Å². The van der Waals surface area contributed by atoms with E-state index in [2.05, 4.69) is 0 Å². The predicted octanol–water partition coefficient (Wildman–Crippen LogP) is 1.61. The Kier molecular flexibility index (Phi) is 5.19. The lowest BCUT2D eigenvalue weighted by atomic mass is 10.1. The molecule has 0 fully saturated rings. The molecule has 0 saturated carbocycles. The monoisotopic (exact) mass is 242 g/mol. The van der Waals surface area contributed by atoms with Gasteiger partial charge in [0, 0.05) is 0 Å². The Labute approximate surface area is 95.6 Å². The molecule has 0 aliphatic rings. The third kappa shape index (κ3) is 5.17. The number of rotatable bonds is 2. The van der Waals surface area contributed by atoms with Crippen LogP contribution >= 0.6 is 0 Å². The molecule has 0 aliphatic carbocycles. The van der Waals surface area contributed by atoms with E-state index in [0.717, 1.165) is 6.07 Å². The highest BCUT2D eigenvalue weighted by Gasteiger charge is 2.10. The maximum Gasteiger partial charge on any atom is 0.503 e. The quantitative estimate of drug-likeness (QED) is 0.619. The van der Waals surface area contributed by atoms with Gasteiger partial charge in [-0.15, -0.1) is 0 Å². The van der Waals surface area contributed by atoms with Crippen LogP contribution in [-0.4, -0.2) is 38.5 Å². The van der Waals surface area contributed by atoms with Crippen molar-refractivity contribution < 1.29 is 34.8 Å². The molecule has 17 heavy (non-hydrogen) atoms. The van der Waals surface area contributed by atoms with Crippen LogP contribution in [0.2, 0.25) is 0 Å². The largest absolute Gasteiger partial charge is 0.503 e. The molecule has 0 amide bonds. The first-order valence-electron chi connectivity index (χ1n) is 4.24. The molecule has 1 rings (SSSR count). The summed E-state index contributed by atoms with van der Waals surface area (Å²) in [7, 11) is 0. The minimum Gasteiger partial charge on any atom is -0.478 e. The van der Waals surface area contributed by atoms with Crippen molar-refractivity contribution in [3.8, 4) is 0 Å². The summed E-state index contributed by atoms with van der Waals surface area (Å²) in [5, 5.41) is 31.2. The molecule has 1 aromatic carbocycles. The molecule has 0 aromatic heterocycles. The Morgan fingerprint density at radius 1 is 0.941 bits per heavy atom. The molecule has 0 radical (unpaired) electrons. The number of hydrogen-bond acceptors (Lipinski definition) is 3. The second-order valence-corrected chi connectivity index (χ2v) is 2.92. The van der Waals surface area contributed by atoms with Crippen LogP contribution in [0.1, 0.15) is 26.3 Å². The fraction of sp³-hybridized carbons (Fsp3) is 0.100. The number of carboxylic acids is 2. The number of carbonyl (C=O) groups is 3. The summed E-state index contributed by atoms with van der Waals surface area (Å²) in [4.78, 5) is 29.7. The minimum atomic E-state index is -1.83. The zero-order chi connectivity index (χ0) is 13.6. The molecular formula is C10H10O7. The Morgan fingerprint density at radius 2 is 1.41 bits per heavy atom. The Morgan fingerprint density at radius 3 is 1.76 bits per heavy atom.